The van der Waals surface area contributed by atoms with Gasteiger partial charge in [-0.2, -0.15) is 0 Å². The normalized spacial score (nSPS) is 11.3. The van der Waals surface area contributed by atoms with Gasteiger partial charge in [-0.05, 0) is 38.0 Å². The van der Waals surface area contributed by atoms with Crippen LogP contribution >= 0.6 is 0 Å². The van der Waals surface area contributed by atoms with E-state index in [0.29, 0.717) is 6.54 Å². The Morgan fingerprint density at radius 2 is 2.17 bits per heavy atom. The number of nitrogens with one attached hydrogen (secondary N) is 1. The molecular weight excluding hydrogens is 228 g/mol. The average Bonchev–Trinajstić information content (AvgIpc) is 2.37. The number of ether oxygens (including phenoxy) is 1. The Morgan fingerprint density at radius 3 is 2.78 bits per heavy atom. The first-order chi connectivity index (χ1) is 8.46. The van der Waals surface area contributed by atoms with E-state index < -0.39 is 0 Å². The molecule has 0 fully saturated rings. The molecule has 0 spiro atoms. The van der Waals surface area contributed by atoms with E-state index >= 15 is 0 Å². The Hall–Kier alpha value is -1.39. The fourth-order valence-electron chi connectivity index (χ4n) is 1.34. The van der Waals surface area contributed by atoms with Crippen molar-refractivity contribution in [2.24, 2.45) is 5.73 Å². The number of anilines is 1. The minimum Gasteiger partial charge on any atom is -0.366 e. The van der Waals surface area contributed by atoms with Gasteiger partial charge in [0, 0.05) is 12.2 Å². The molecule has 1 aromatic rings. The Morgan fingerprint density at radius 1 is 1.44 bits per heavy atom. The number of benzene rings is 1. The van der Waals surface area contributed by atoms with Crippen LogP contribution in [0.15, 0.2) is 24.3 Å². The molecule has 3 N–H and O–H groups in total. The van der Waals surface area contributed by atoms with Gasteiger partial charge in [-0.1, -0.05) is 19.1 Å². The van der Waals surface area contributed by atoms with Gasteiger partial charge in [0.15, 0.2) is 0 Å². The highest BCUT2D eigenvalue weighted by molar-refractivity contribution is 5.91. The highest BCUT2D eigenvalue weighted by Crippen LogP contribution is 2.14. The molecule has 0 bridgehead atoms. The van der Waals surface area contributed by atoms with E-state index in [0.717, 1.165) is 17.7 Å². The Labute approximate surface area is 109 Å². The molecule has 0 heterocycles. The lowest BCUT2D eigenvalue weighted by atomic mass is 10.1. The second-order valence-electron chi connectivity index (χ2n) is 4.85. The van der Waals surface area contributed by atoms with E-state index in [1.54, 1.807) is 0 Å². The van der Waals surface area contributed by atoms with Crippen LogP contribution < -0.4 is 11.1 Å². The van der Waals surface area contributed by atoms with Gasteiger partial charge >= 0.3 is 0 Å². The minimum absolute atomic E-state index is 0.0632. The third-order valence-electron chi connectivity index (χ3n) is 2.89. The fourth-order valence-corrected chi connectivity index (χ4v) is 1.34. The van der Waals surface area contributed by atoms with E-state index in [4.69, 9.17) is 10.5 Å². The predicted octanol–water partition coefficient (Wildman–Crippen LogP) is 2.29. The number of amides is 1. The molecule has 1 rings (SSSR count). The van der Waals surface area contributed by atoms with Crippen LogP contribution in [0.3, 0.4) is 0 Å². The summed E-state index contributed by atoms with van der Waals surface area (Å²) in [6.07, 6.45) is 0.864. The average molecular weight is 250 g/mol. The van der Waals surface area contributed by atoms with Gasteiger partial charge in [-0.3, -0.25) is 4.79 Å². The van der Waals surface area contributed by atoms with Gasteiger partial charge < -0.3 is 15.8 Å². The van der Waals surface area contributed by atoms with Crippen LogP contribution in [0, 0.1) is 0 Å². The van der Waals surface area contributed by atoms with E-state index in [1.807, 2.05) is 45.0 Å². The van der Waals surface area contributed by atoms with Crippen molar-refractivity contribution in [1.29, 1.82) is 0 Å². The van der Waals surface area contributed by atoms with Gasteiger partial charge in [0.25, 0.3) is 0 Å². The Kier molecular flexibility index (Phi) is 5.31. The third-order valence-corrected chi connectivity index (χ3v) is 2.89. The smallest absolute Gasteiger partial charge is 0.250 e. The van der Waals surface area contributed by atoms with Crippen molar-refractivity contribution in [3.05, 3.63) is 29.8 Å². The van der Waals surface area contributed by atoms with Gasteiger partial charge in [0.2, 0.25) is 5.91 Å². The van der Waals surface area contributed by atoms with Crippen molar-refractivity contribution >= 4 is 11.6 Å². The summed E-state index contributed by atoms with van der Waals surface area (Å²) in [5.41, 5.74) is 7.02. The second-order valence-corrected chi connectivity index (χ2v) is 4.85. The largest absolute Gasteiger partial charge is 0.366 e. The lowest BCUT2D eigenvalue weighted by Gasteiger charge is -2.22. The van der Waals surface area contributed by atoms with Crippen molar-refractivity contribution in [3.8, 4) is 0 Å². The maximum absolute atomic E-state index is 11.7. The van der Waals surface area contributed by atoms with E-state index in [1.165, 1.54) is 0 Å². The van der Waals surface area contributed by atoms with Crippen LogP contribution in [0.5, 0.6) is 0 Å². The van der Waals surface area contributed by atoms with Crippen molar-refractivity contribution < 1.29 is 9.53 Å². The van der Waals surface area contributed by atoms with Crippen LogP contribution in [0.1, 0.15) is 32.8 Å². The summed E-state index contributed by atoms with van der Waals surface area (Å²) in [4.78, 5) is 11.7. The second kappa shape index (κ2) is 6.52. The van der Waals surface area contributed by atoms with Crippen molar-refractivity contribution in [3.63, 3.8) is 0 Å². The summed E-state index contributed by atoms with van der Waals surface area (Å²) < 4.78 is 5.53. The topological polar surface area (TPSA) is 64.3 Å². The molecule has 1 aromatic carbocycles. The summed E-state index contributed by atoms with van der Waals surface area (Å²) in [7, 11) is 0. The molecule has 4 nitrogen and oxygen atoms in total. The first kappa shape index (κ1) is 14.7. The summed E-state index contributed by atoms with van der Waals surface area (Å²) in [5.74, 6) is -0.148. The zero-order valence-electron chi connectivity index (χ0n) is 11.3. The van der Waals surface area contributed by atoms with E-state index in [9.17, 15) is 4.79 Å². The van der Waals surface area contributed by atoms with Gasteiger partial charge in [-0.25, -0.2) is 0 Å². The monoisotopic (exact) mass is 250 g/mol. The van der Waals surface area contributed by atoms with Crippen LogP contribution in [0.4, 0.5) is 5.69 Å². The number of nitrogens with two attached hydrogens (primary N) is 1. The molecule has 0 aliphatic rings. The number of hydrogen-bond donors (Lipinski definition) is 2. The van der Waals surface area contributed by atoms with Crippen LogP contribution in [-0.4, -0.2) is 18.1 Å². The lowest BCUT2D eigenvalue weighted by Crippen LogP contribution is -2.29. The lowest BCUT2D eigenvalue weighted by molar-refractivity contribution is -0.126. The van der Waals surface area contributed by atoms with Crippen LogP contribution in [0.2, 0.25) is 0 Å². The first-order valence-corrected chi connectivity index (χ1v) is 6.19. The predicted molar refractivity (Wildman–Crippen MR) is 73.3 cm³/mol. The molecule has 0 aliphatic heterocycles. The summed E-state index contributed by atoms with van der Waals surface area (Å²) in [5, 5.41) is 2.79. The Bertz CT molecular complexity index is 403. The van der Waals surface area contributed by atoms with Crippen LogP contribution in [0.25, 0.3) is 0 Å². The molecule has 100 valence electrons. The minimum atomic E-state index is -0.267. The number of rotatable bonds is 6. The standard InChI is InChI=1S/C14H22N2O2/c1-4-14(2,3)18-10-13(17)16-12-7-5-6-11(8-12)9-15/h5-8H,4,9-10,15H2,1-3H3,(H,16,17). The number of hydrogen-bond acceptors (Lipinski definition) is 3. The van der Waals surface area contributed by atoms with Gasteiger partial charge in [0.05, 0.1) is 5.60 Å². The number of carbonyl (C=O) groups excluding carboxylic acids is 1. The summed E-state index contributed by atoms with van der Waals surface area (Å²) >= 11 is 0. The highest BCUT2D eigenvalue weighted by Gasteiger charge is 2.17. The van der Waals surface area contributed by atoms with E-state index in [-0.39, 0.29) is 18.1 Å². The molecule has 0 atom stereocenters. The highest BCUT2D eigenvalue weighted by atomic mass is 16.5. The quantitative estimate of drug-likeness (QED) is 0.814. The zero-order valence-corrected chi connectivity index (χ0v) is 11.3. The third kappa shape index (κ3) is 4.85. The zero-order chi connectivity index (χ0) is 13.6. The molecule has 0 unspecified atom stereocenters. The maximum atomic E-state index is 11.7. The Balaban J connectivity index is 2.49. The molecule has 1 amide bonds. The molecule has 0 aliphatic carbocycles. The molecule has 18 heavy (non-hydrogen) atoms. The molecule has 0 saturated carbocycles. The van der Waals surface area contributed by atoms with Gasteiger partial charge in [0.1, 0.15) is 6.61 Å². The van der Waals surface area contributed by atoms with Gasteiger partial charge in [-0.15, -0.1) is 0 Å². The molecule has 0 radical (unpaired) electrons. The first-order valence-electron chi connectivity index (χ1n) is 6.19. The van der Waals surface area contributed by atoms with Crippen molar-refractivity contribution in [2.75, 3.05) is 11.9 Å². The number of carbonyl (C=O) groups is 1. The molecule has 4 heteroatoms. The SMILES string of the molecule is CCC(C)(C)OCC(=O)Nc1cccc(CN)c1. The van der Waals surface area contributed by atoms with Crippen LogP contribution in [-0.2, 0) is 16.1 Å². The summed E-state index contributed by atoms with van der Waals surface area (Å²) in [6.45, 7) is 6.49. The summed E-state index contributed by atoms with van der Waals surface area (Å²) in [6, 6.07) is 7.49. The van der Waals surface area contributed by atoms with Crippen molar-refractivity contribution in [1.82, 2.24) is 0 Å². The van der Waals surface area contributed by atoms with E-state index in [2.05, 4.69) is 5.32 Å². The van der Waals surface area contributed by atoms with Crippen molar-refractivity contribution in [2.45, 2.75) is 39.3 Å². The maximum Gasteiger partial charge on any atom is 0.250 e. The molecule has 0 aromatic heterocycles. The molecule has 0 saturated heterocycles. The fraction of sp³-hybridized carbons (Fsp3) is 0.500. The molecular formula is C14H22N2O2.